The van der Waals surface area contributed by atoms with Crippen molar-refractivity contribution in [3.05, 3.63) is 26.6 Å². The molecule has 0 bridgehead atoms. The zero-order valence-electron chi connectivity index (χ0n) is 12.8. The Hall–Kier alpha value is -0.590. The lowest BCUT2D eigenvalue weighted by Gasteiger charge is -2.18. The number of nitrogens with one attached hydrogen (secondary N) is 2. The van der Waals surface area contributed by atoms with Crippen LogP contribution in [0.3, 0.4) is 0 Å². The van der Waals surface area contributed by atoms with Crippen molar-refractivity contribution in [1.29, 1.82) is 0 Å². The maximum atomic E-state index is 11.8. The molecule has 1 unspecified atom stereocenters. The number of carbonyl (C=O) groups excluding carboxylic acids is 1. The smallest absolute Gasteiger partial charge is 0.258 e. The van der Waals surface area contributed by atoms with Crippen LogP contribution in [-0.4, -0.2) is 25.6 Å². The fourth-order valence-corrected chi connectivity index (χ4v) is 3.17. The van der Waals surface area contributed by atoms with Gasteiger partial charge in [-0.2, -0.15) is 0 Å². The molecule has 6 heteroatoms. The molecule has 0 saturated heterocycles. The minimum atomic E-state index is -0.116. The van der Waals surface area contributed by atoms with Crippen LogP contribution in [0.4, 0.5) is 0 Å². The molecule has 0 fully saturated rings. The van der Waals surface area contributed by atoms with E-state index < -0.39 is 0 Å². The van der Waals surface area contributed by atoms with Crippen molar-refractivity contribution in [2.24, 2.45) is 5.92 Å². The highest BCUT2D eigenvalue weighted by atomic mass is 79.9. The molecule has 2 N–H and O–H groups in total. The Morgan fingerprint density at radius 1 is 1.24 bits per heavy atom. The molecule has 21 heavy (non-hydrogen) atoms. The van der Waals surface area contributed by atoms with Crippen LogP contribution in [0.15, 0.2) is 21.1 Å². The monoisotopic (exact) mass is 420 g/mol. The van der Waals surface area contributed by atoms with Crippen LogP contribution in [0.25, 0.3) is 0 Å². The van der Waals surface area contributed by atoms with Crippen LogP contribution >= 0.6 is 31.9 Å². The van der Waals surface area contributed by atoms with Crippen LogP contribution in [0, 0.1) is 5.92 Å². The number of amides is 1. The Bertz CT molecular complexity index is 470. The number of hydrogen-bond acceptors (Lipinski definition) is 3. The number of halogens is 2. The Balaban J connectivity index is 2.65. The summed E-state index contributed by atoms with van der Waals surface area (Å²) >= 11 is 6.96. The van der Waals surface area contributed by atoms with Crippen molar-refractivity contribution >= 4 is 37.8 Å². The molecule has 0 radical (unpaired) electrons. The third kappa shape index (κ3) is 5.96. The maximum absolute atomic E-state index is 11.8. The standard InChI is InChI=1S/C15H22Br2N2O2/c1-9(2)10(3)19-14(20)8-21-15-12(16)5-11(7-18-4)6-13(15)17/h5-6,9-10,18H,7-8H2,1-4H3,(H,19,20). The minimum absolute atomic E-state index is 0.000363. The molecular weight excluding hydrogens is 400 g/mol. The summed E-state index contributed by atoms with van der Waals surface area (Å²) in [4.78, 5) is 11.8. The highest BCUT2D eigenvalue weighted by Gasteiger charge is 2.14. The van der Waals surface area contributed by atoms with Crippen molar-refractivity contribution in [3.8, 4) is 5.75 Å². The number of rotatable bonds is 7. The van der Waals surface area contributed by atoms with Gasteiger partial charge in [0.2, 0.25) is 0 Å². The summed E-state index contributed by atoms with van der Waals surface area (Å²) in [5, 5.41) is 6.01. The number of hydrogen-bond donors (Lipinski definition) is 2. The van der Waals surface area contributed by atoms with Gasteiger partial charge in [-0.1, -0.05) is 13.8 Å². The lowest BCUT2D eigenvalue weighted by molar-refractivity contribution is -0.124. The molecule has 1 aromatic rings. The number of carbonyl (C=O) groups is 1. The molecule has 1 atom stereocenters. The Morgan fingerprint density at radius 2 is 1.81 bits per heavy atom. The molecule has 0 saturated carbocycles. The van der Waals surface area contributed by atoms with E-state index in [9.17, 15) is 4.79 Å². The average molecular weight is 422 g/mol. The second-order valence-corrected chi connectivity index (χ2v) is 7.02. The van der Waals surface area contributed by atoms with Gasteiger partial charge in [0.1, 0.15) is 5.75 Å². The summed E-state index contributed by atoms with van der Waals surface area (Å²) in [5.41, 5.74) is 1.13. The van der Waals surface area contributed by atoms with Crippen LogP contribution in [0.2, 0.25) is 0 Å². The van der Waals surface area contributed by atoms with E-state index in [2.05, 4.69) is 56.3 Å². The first-order valence-corrected chi connectivity index (χ1v) is 8.48. The second-order valence-electron chi connectivity index (χ2n) is 5.31. The molecule has 4 nitrogen and oxygen atoms in total. The largest absolute Gasteiger partial charge is 0.481 e. The second kappa shape index (κ2) is 8.76. The summed E-state index contributed by atoms with van der Waals surface area (Å²) in [6.07, 6.45) is 0. The van der Waals surface area contributed by atoms with E-state index >= 15 is 0 Å². The molecule has 1 rings (SSSR count). The zero-order valence-corrected chi connectivity index (χ0v) is 16.0. The Morgan fingerprint density at radius 3 is 2.29 bits per heavy atom. The first-order chi connectivity index (χ1) is 9.85. The molecule has 0 heterocycles. The predicted octanol–water partition coefficient (Wildman–Crippen LogP) is 3.47. The van der Waals surface area contributed by atoms with E-state index in [1.54, 1.807) is 0 Å². The summed E-state index contributed by atoms with van der Waals surface area (Å²) in [6.45, 7) is 6.89. The molecule has 118 valence electrons. The lowest BCUT2D eigenvalue weighted by Crippen LogP contribution is -2.39. The third-order valence-corrected chi connectivity index (χ3v) is 4.35. The molecule has 0 aliphatic heterocycles. The molecule has 0 spiro atoms. The van der Waals surface area contributed by atoms with E-state index in [0.29, 0.717) is 11.7 Å². The van der Waals surface area contributed by atoms with Gasteiger partial charge < -0.3 is 15.4 Å². The van der Waals surface area contributed by atoms with Crippen LogP contribution in [-0.2, 0) is 11.3 Å². The van der Waals surface area contributed by atoms with Gasteiger partial charge >= 0.3 is 0 Å². The summed E-state index contributed by atoms with van der Waals surface area (Å²) in [6, 6.07) is 4.09. The zero-order chi connectivity index (χ0) is 16.0. The lowest BCUT2D eigenvalue weighted by atomic mass is 10.1. The Kier molecular flexibility index (Phi) is 7.70. The maximum Gasteiger partial charge on any atom is 0.258 e. The van der Waals surface area contributed by atoms with Crippen molar-refractivity contribution in [2.45, 2.75) is 33.4 Å². The van der Waals surface area contributed by atoms with Gasteiger partial charge in [-0.25, -0.2) is 0 Å². The topological polar surface area (TPSA) is 50.4 Å². The van der Waals surface area contributed by atoms with E-state index in [1.165, 1.54) is 0 Å². The summed E-state index contributed by atoms with van der Waals surface area (Å²) in [7, 11) is 1.90. The van der Waals surface area contributed by atoms with Gasteiger partial charge in [-0.05, 0) is 69.4 Å². The SMILES string of the molecule is CNCc1cc(Br)c(OCC(=O)NC(C)C(C)C)c(Br)c1. The molecule has 0 aromatic heterocycles. The van der Waals surface area contributed by atoms with Gasteiger partial charge in [0.15, 0.2) is 6.61 Å². The van der Waals surface area contributed by atoms with Crippen LogP contribution < -0.4 is 15.4 Å². The first kappa shape index (κ1) is 18.5. The van der Waals surface area contributed by atoms with Crippen molar-refractivity contribution in [1.82, 2.24) is 10.6 Å². The summed E-state index contributed by atoms with van der Waals surface area (Å²) in [5.74, 6) is 0.921. The number of benzene rings is 1. The molecule has 1 amide bonds. The van der Waals surface area contributed by atoms with Gasteiger partial charge in [0, 0.05) is 12.6 Å². The first-order valence-electron chi connectivity index (χ1n) is 6.89. The normalized spacial score (nSPS) is 12.3. The van der Waals surface area contributed by atoms with Crippen LogP contribution in [0.5, 0.6) is 5.75 Å². The van der Waals surface area contributed by atoms with E-state index in [1.807, 2.05) is 26.1 Å². The Labute approximate surface area is 143 Å². The molecule has 0 aliphatic carbocycles. The predicted molar refractivity (Wildman–Crippen MR) is 92.5 cm³/mol. The van der Waals surface area contributed by atoms with E-state index in [0.717, 1.165) is 21.1 Å². The highest BCUT2D eigenvalue weighted by molar-refractivity contribution is 9.11. The number of ether oxygens (including phenoxy) is 1. The average Bonchev–Trinajstić information content (AvgIpc) is 2.37. The molecule has 1 aromatic carbocycles. The summed E-state index contributed by atoms with van der Waals surface area (Å²) < 4.78 is 7.27. The van der Waals surface area contributed by atoms with Crippen molar-refractivity contribution in [3.63, 3.8) is 0 Å². The van der Waals surface area contributed by atoms with Gasteiger partial charge in [-0.3, -0.25) is 4.79 Å². The molecule has 0 aliphatic rings. The third-order valence-electron chi connectivity index (χ3n) is 3.18. The quantitative estimate of drug-likeness (QED) is 0.708. The van der Waals surface area contributed by atoms with Crippen molar-refractivity contribution in [2.75, 3.05) is 13.7 Å². The van der Waals surface area contributed by atoms with Crippen molar-refractivity contribution < 1.29 is 9.53 Å². The van der Waals surface area contributed by atoms with E-state index in [4.69, 9.17) is 4.74 Å². The highest BCUT2D eigenvalue weighted by Crippen LogP contribution is 2.34. The van der Waals surface area contributed by atoms with Crippen LogP contribution in [0.1, 0.15) is 26.3 Å². The fraction of sp³-hybridized carbons (Fsp3) is 0.533. The minimum Gasteiger partial charge on any atom is -0.481 e. The van der Waals surface area contributed by atoms with Gasteiger partial charge in [0.05, 0.1) is 8.95 Å². The van der Waals surface area contributed by atoms with E-state index in [-0.39, 0.29) is 18.6 Å². The van der Waals surface area contributed by atoms with Gasteiger partial charge in [-0.15, -0.1) is 0 Å². The van der Waals surface area contributed by atoms with Gasteiger partial charge in [0.25, 0.3) is 5.91 Å². The molecular formula is C15H22Br2N2O2. The fourth-order valence-electron chi connectivity index (χ4n) is 1.66.